The minimum Gasteiger partial charge on any atom is -0.373 e. The molecule has 0 fully saturated rings. The molecule has 1 aliphatic heterocycles. The summed E-state index contributed by atoms with van der Waals surface area (Å²) in [5, 5.41) is 3.39. The van der Waals surface area contributed by atoms with Crippen molar-refractivity contribution in [1.82, 2.24) is 5.32 Å². The average molecular weight is 200 g/mol. The zero-order valence-corrected chi connectivity index (χ0v) is 7.32. The van der Waals surface area contributed by atoms with E-state index in [9.17, 15) is 0 Å². The van der Waals surface area contributed by atoms with Gasteiger partial charge < -0.3 is 5.32 Å². The molecule has 1 unspecified atom stereocenters. The summed E-state index contributed by atoms with van der Waals surface area (Å²) in [7, 11) is 0. The Morgan fingerprint density at radius 1 is 1.50 bits per heavy atom. The van der Waals surface area contributed by atoms with Gasteiger partial charge in [-0.05, 0) is 24.8 Å². The first-order valence-electron chi connectivity index (χ1n) is 3.67. The van der Waals surface area contributed by atoms with Gasteiger partial charge in [0, 0.05) is 5.70 Å². The summed E-state index contributed by atoms with van der Waals surface area (Å²) in [5.74, 6) is 0. The third-order valence-electron chi connectivity index (χ3n) is 2.04. The lowest BCUT2D eigenvalue weighted by Crippen LogP contribution is -2.22. The topological polar surface area (TPSA) is 12.0 Å². The highest BCUT2D eigenvalue weighted by molar-refractivity contribution is 9.09. The lowest BCUT2D eigenvalue weighted by Gasteiger charge is -2.16. The smallest absolute Gasteiger partial charge is 0.101 e. The van der Waals surface area contributed by atoms with Crippen molar-refractivity contribution in [1.29, 1.82) is 0 Å². The van der Waals surface area contributed by atoms with Gasteiger partial charge in [0.15, 0.2) is 0 Å². The Morgan fingerprint density at radius 3 is 3.30 bits per heavy atom. The van der Waals surface area contributed by atoms with E-state index in [1.54, 1.807) is 0 Å². The van der Waals surface area contributed by atoms with Crippen LogP contribution in [0.2, 0.25) is 0 Å². The fourth-order valence-electron chi connectivity index (χ4n) is 1.53. The van der Waals surface area contributed by atoms with Crippen molar-refractivity contribution >= 4 is 15.9 Å². The number of alkyl halides is 1. The van der Waals surface area contributed by atoms with Crippen LogP contribution >= 0.6 is 15.9 Å². The van der Waals surface area contributed by atoms with Gasteiger partial charge in [-0.3, -0.25) is 0 Å². The minimum atomic E-state index is 0.365. The highest BCUT2D eigenvalue weighted by Crippen LogP contribution is 2.28. The van der Waals surface area contributed by atoms with Crippen LogP contribution in [0.25, 0.3) is 0 Å². The molecule has 10 heavy (non-hydrogen) atoms. The third kappa shape index (κ3) is 1.01. The van der Waals surface area contributed by atoms with Crippen LogP contribution in [0.5, 0.6) is 0 Å². The predicted molar refractivity (Wildman–Crippen MR) is 45.9 cm³/mol. The summed E-state index contributed by atoms with van der Waals surface area (Å²) in [4.78, 5) is 0.365. The first kappa shape index (κ1) is 6.47. The van der Waals surface area contributed by atoms with E-state index in [0.717, 1.165) is 0 Å². The van der Waals surface area contributed by atoms with Gasteiger partial charge in [0.2, 0.25) is 0 Å². The fourth-order valence-corrected chi connectivity index (χ4v) is 1.96. The summed E-state index contributed by atoms with van der Waals surface area (Å²) < 4.78 is 0. The number of dihydropyridines is 1. The molecule has 0 aromatic heterocycles. The molecule has 54 valence electrons. The van der Waals surface area contributed by atoms with Crippen molar-refractivity contribution in [3.63, 3.8) is 0 Å². The molecule has 1 heterocycles. The van der Waals surface area contributed by atoms with E-state index < -0.39 is 0 Å². The predicted octanol–water partition coefficient (Wildman–Crippen LogP) is 2.30. The van der Waals surface area contributed by atoms with Gasteiger partial charge in [0.25, 0.3) is 0 Å². The summed E-state index contributed by atoms with van der Waals surface area (Å²) >= 11 is 3.49. The molecule has 1 N–H and O–H groups in total. The maximum atomic E-state index is 3.49. The molecule has 0 saturated carbocycles. The van der Waals surface area contributed by atoms with Gasteiger partial charge in [0.05, 0.1) is 0 Å². The van der Waals surface area contributed by atoms with Crippen molar-refractivity contribution < 1.29 is 0 Å². The number of nitrogens with one attached hydrogen (secondary N) is 1. The van der Waals surface area contributed by atoms with Crippen LogP contribution in [-0.4, -0.2) is 4.95 Å². The SMILES string of the molecule is BrC1C=CC2=C(CCC2)N1. The molecular weight excluding hydrogens is 190 g/mol. The second-order valence-corrected chi connectivity index (χ2v) is 3.75. The molecule has 1 atom stereocenters. The molecule has 0 bridgehead atoms. The van der Waals surface area contributed by atoms with Crippen LogP contribution in [0.3, 0.4) is 0 Å². The van der Waals surface area contributed by atoms with E-state index in [1.807, 2.05) is 0 Å². The maximum absolute atomic E-state index is 3.49. The van der Waals surface area contributed by atoms with Gasteiger partial charge in [0.1, 0.15) is 4.95 Å². The van der Waals surface area contributed by atoms with Crippen LogP contribution in [0.15, 0.2) is 23.4 Å². The van der Waals surface area contributed by atoms with Gasteiger partial charge in [-0.25, -0.2) is 0 Å². The lowest BCUT2D eigenvalue weighted by molar-refractivity contribution is 0.793. The van der Waals surface area contributed by atoms with Crippen LogP contribution in [-0.2, 0) is 0 Å². The van der Waals surface area contributed by atoms with E-state index in [2.05, 4.69) is 33.4 Å². The highest BCUT2D eigenvalue weighted by atomic mass is 79.9. The van der Waals surface area contributed by atoms with Crippen LogP contribution in [0.4, 0.5) is 0 Å². The Balaban J connectivity index is 2.22. The largest absolute Gasteiger partial charge is 0.373 e. The fraction of sp³-hybridized carbons (Fsp3) is 0.500. The quantitative estimate of drug-likeness (QED) is 0.467. The zero-order valence-electron chi connectivity index (χ0n) is 5.73. The second-order valence-electron chi connectivity index (χ2n) is 2.76. The Morgan fingerprint density at radius 2 is 2.40 bits per heavy atom. The summed E-state index contributed by atoms with van der Waals surface area (Å²) in [6, 6.07) is 0. The molecule has 2 rings (SSSR count). The monoisotopic (exact) mass is 199 g/mol. The lowest BCUT2D eigenvalue weighted by atomic mass is 10.2. The van der Waals surface area contributed by atoms with Gasteiger partial charge >= 0.3 is 0 Å². The van der Waals surface area contributed by atoms with Crippen LogP contribution in [0.1, 0.15) is 19.3 Å². The van der Waals surface area contributed by atoms with Gasteiger partial charge in [-0.15, -0.1) is 0 Å². The number of halogens is 1. The average Bonchev–Trinajstić information content (AvgIpc) is 2.33. The molecule has 0 saturated heterocycles. The van der Waals surface area contributed by atoms with Crippen molar-refractivity contribution in [2.24, 2.45) is 0 Å². The van der Waals surface area contributed by atoms with E-state index in [1.165, 1.54) is 30.5 Å². The van der Waals surface area contributed by atoms with Crippen molar-refractivity contribution in [3.8, 4) is 0 Å². The zero-order chi connectivity index (χ0) is 6.97. The van der Waals surface area contributed by atoms with E-state index in [0.29, 0.717) is 4.95 Å². The minimum absolute atomic E-state index is 0.365. The van der Waals surface area contributed by atoms with Crippen LogP contribution in [0, 0.1) is 0 Å². The number of allylic oxidation sites excluding steroid dienone is 3. The molecule has 0 aromatic rings. The van der Waals surface area contributed by atoms with E-state index >= 15 is 0 Å². The van der Waals surface area contributed by atoms with Crippen molar-refractivity contribution in [2.75, 3.05) is 0 Å². The van der Waals surface area contributed by atoms with E-state index in [-0.39, 0.29) is 0 Å². The van der Waals surface area contributed by atoms with Crippen molar-refractivity contribution in [2.45, 2.75) is 24.2 Å². The van der Waals surface area contributed by atoms with Gasteiger partial charge in [-0.2, -0.15) is 0 Å². The standard InChI is InChI=1S/C8H10BrN/c9-8-5-4-6-2-1-3-7(6)10-8/h4-5,8,10H,1-3H2. The Kier molecular flexibility index (Phi) is 1.57. The molecular formula is C8H10BrN. The van der Waals surface area contributed by atoms with Gasteiger partial charge in [-0.1, -0.05) is 28.1 Å². The molecule has 0 radical (unpaired) electrons. The first-order valence-corrected chi connectivity index (χ1v) is 4.59. The number of hydrogen-bond donors (Lipinski definition) is 1. The van der Waals surface area contributed by atoms with Crippen molar-refractivity contribution in [3.05, 3.63) is 23.4 Å². The molecule has 1 nitrogen and oxygen atoms in total. The molecule has 1 aliphatic carbocycles. The normalized spacial score (nSPS) is 30.3. The molecule has 2 aliphatic rings. The second kappa shape index (κ2) is 2.42. The highest BCUT2D eigenvalue weighted by Gasteiger charge is 2.16. The Hall–Kier alpha value is -0.240. The third-order valence-corrected chi connectivity index (χ3v) is 2.57. The Bertz CT molecular complexity index is 205. The first-order chi connectivity index (χ1) is 4.86. The molecule has 0 amide bonds. The maximum Gasteiger partial charge on any atom is 0.101 e. The Labute approximate surface area is 69.3 Å². The summed E-state index contributed by atoms with van der Waals surface area (Å²) in [6.45, 7) is 0. The molecule has 0 aromatic carbocycles. The number of hydrogen-bond acceptors (Lipinski definition) is 1. The summed E-state index contributed by atoms with van der Waals surface area (Å²) in [5.41, 5.74) is 2.96. The van der Waals surface area contributed by atoms with Crippen LogP contribution < -0.4 is 5.32 Å². The molecule has 0 spiro atoms. The summed E-state index contributed by atoms with van der Waals surface area (Å²) in [6.07, 6.45) is 8.21. The van der Waals surface area contributed by atoms with E-state index in [4.69, 9.17) is 0 Å². The molecule has 2 heteroatoms. The number of rotatable bonds is 0.